The summed E-state index contributed by atoms with van der Waals surface area (Å²) in [7, 11) is 0. The van der Waals surface area contributed by atoms with E-state index < -0.39 is 23.9 Å². The van der Waals surface area contributed by atoms with Gasteiger partial charge in [0.1, 0.15) is 6.04 Å². The van der Waals surface area contributed by atoms with Crippen LogP contribution in [0.5, 0.6) is 0 Å². The van der Waals surface area contributed by atoms with Gasteiger partial charge in [0, 0.05) is 5.69 Å². The molecule has 2 rings (SSSR count). The Bertz CT molecular complexity index is 774. The van der Waals surface area contributed by atoms with E-state index in [1.165, 1.54) is 0 Å². The van der Waals surface area contributed by atoms with Crippen LogP contribution in [0, 0.1) is 5.92 Å². The Labute approximate surface area is 155 Å². The van der Waals surface area contributed by atoms with Gasteiger partial charge < -0.3 is 15.7 Å². The molecule has 0 aliphatic rings. The van der Waals surface area contributed by atoms with Gasteiger partial charge in [0.2, 0.25) is 0 Å². The highest BCUT2D eigenvalue weighted by atomic mass is 32.1. The van der Waals surface area contributed by atoms with Crippen molar-refractivity contribution < 1.29 is 19.5 Å². The first-order valence-corrected chi connectivity index (χ1v) is 8.93. The summed E-state index contributed by atoms with van der Waals surface area (Å²) in [5.41, 5.74) is 0.650. The molecule has 4 N–H and O–H groups in total. The molecule has 2 aromatic rings. The van der Waals surface area contributed by atoms with Crippen LogP contribution in [0.3, 0.4) is 0 Å². The monoisotopic (exact) mass is 375 g/mol. The summed E-state index contributed by atoms with van der Waals surface area (Å²) < 4.78 is 0. The fourth-order valence-corrected chi connectivity index (χ4v) is 3.05. The Balaban J connectivity index is 1.94. The van der Waals surface area contributed by atoms with Gasteiger partial charge in [-0.2, -0.15) is 0 Å². The number of carbonyl (C=O) groups is 3. The van der Waals surface area contributed by atoms with Gasteiger partial charge in [0.25, 0.3) is 5.91 Å². The second-order valence-corrected chi connectivity index (χ2v) is 7.19. The molecule has 7 nitrogen and oxygen atoms in total. The zero-order valence-corrected chi connectivity index (χ0v) is 15.3. The minimum Gasteiger partial charge on any atom is -0.480 e. The van der Waals surface area contributed by atoms with E-state index >= 15 is 0 Å². The van der Waals surface area contributed by atoms with E-state index in [9.17, 15) is 19.5 Å². The number of carbonyl (C=O) groups excluding carboxylic acids is 2. The maximum absolute atomic E-state index is 12.2. The number of aliphatic carboxylic acids is 1. The normalized spacial score (nSPS) is 11.7. The average molecular weight is 375 g/mol. The zero-order valence-electron chi connectivity index (χ0n) is 14.5. The number of anilines is 2. The molecule has 0 aliphatic carbocycles. The largest absolute Gasteiger partial charge is 0.480 e. The van der Waals surface area contributed by atoms with Crippen LogP contribution in [-0.4, -0.2) is 29.1 Å². The van der Waals surface area contributed by atoms with Gasteiger partial charge in [-0.15, -0.1) is 11.3 Å². The number of hydrogen-bond acceptors (Lipinski definition) is 4. The molecule has 26 heavy (non-hydrogen) atoms. The summed E-state index contributed by atoms with van der Waals surface area (Å²) in [6.45, 7) is 3.78. The van der Waals surface area contributed by atoms with Crippen molar-refractivity contribution in [1.82, 2.24) is 5.32 Å². The third kappa shape index (κ3) is 5.89. The molecule has 0 radical (unpaired) electrons. The van der Waals surface area contributed by atoms with Gasteiger partial charge in [-0.25, -0.2) is 9.59 Å². The predicted octanol–water partition coefficient (Wildman–Crippen LogP) is 3.62. The lowest BCUT2D eigenvalue weighted by Crippen LogP contribution is -2.41. The van der Waals surface area contributed by atoms with E-state index in [1.807, 2.05) is 19.9 Å². The van der Waals surface area contributed by atoms with Gasteiger partial charge in [-0.1, -0.05) is 32.0 Å². The smallest absolute Gasteiger partial charge is 0.326 e. The van der Waals surface area contributed by atoms with Gasteiger partial charge in [0.05, 0.1) is 9.88 Å². The molecule has 0 aliphatic heterocycles. The first-order valence-electron chi connectivity index (χ1n) is 8.11. The molecule has 1 heterocycles. The van der Waals surface area contributed by atoms with Crippen molar-refractivity contribution >= 4 is 39.9 Å². The van der Waals surface area contributed by atoms with Crippen LogP contribution in [0.15, 0.2) is 42.5 Å². The Morgan fingerprint density at radius 2 is 1.73 bits per heavy atom. The number of nitrogens with one attached hydrogen (secondary N) is 3. The minimum absolute atomic E-state index is 0.138. The van der Waals surface area contributed by atoms with Gasteiger partial charge in [-0.3, -0.25) is 10.1 Å². The maximum Gasteiger partial charge on any atom is 0.326 e. The zero-order chi connectivity index (χ0) is 19.1. The average Bonchev–Trinajstić information content (AvgIpc) is 3.03. The first-order chi connectivity index (χ1) is 12.3. The van der Waals surface area contributed by atoms with Crippen molar-refractivity contribution in [3.63, 3.8) is 0 Å². The topological polar surface area (TPSA) is 108 Å². The third-order valence-electron chi connectivity index (χ3n) is 3.41. The Morgan fingerprint density at radius 3 is 2.35 bits per heavy atom. The third-order valence-corrected chi connectivity index (χ3v) is 4.41. The highest BCUT2D eigenvalue weighted by Crippen LogP contribution is 2.22. The van der Waals surface area contributed by atoms with E-state index in [2.05, 4.69) is 16.0 Å². The van der Waals surface area contributed by atoms with Crippen molar-refractivity contribution in [3.05, 3.63) is 47.3 Å². The summed E-state index contributed by atoms with van der Waals surface area (Å²) in [4.78, 5) is 35.8. The molecular formula is C18H21N3O4S. The molecule has 3 amide bonds. The van der Waals surface area contributed by atoms with Crippen LogP contribution in [0.4, 0.5) is 15.5 Å². The van der Waals surface area contributed by atoms with Crippen LogP contribution in [-0.2, 0) is 4.79 Å². The molecule has 8 heteroatoms. The molecule has 1 aromatic heterocycles. The highest BCUT2D eigenvalue weighted by Gasteiger charge is 2.22. The highest BCUT2D eigenvalue weighted by molar-refractivity contribution is 7.18. The minimum atomic E-state index is -1.07. The Kier molecular flexibility index (Phi) is 6.74. The molecule has 0 bridgehead atoms. The predicted molar refractivity (Wildman–Crippen MR) is 102 cm³/mol. The van der Waals surface area contributed by atoms with E-state index in [4.69, 9.17) is 0 Å². The summed E-state index contributed by atoms with van der Waals surface area (Å²) in [5, 5.41) is 17.5. The van der Waals surface area contributed by atoms with E-state index in [0.717, 1.165) is 11.3 Å². The summed E-state index contributed by atoms with van der Waals surface area (Å²) in [5.74, 6) is -1.40. The van der Waals surface area contributed by atoms with Crippen LogP contribution < -0.4 is 16.0 Å². The number of urea groups is 1. The molecule has 1 aromatic carbocycles. The van der Waals surface area contributed by atoms with Crippen LogP contribution >= 0.6 is 11.3 Å². The van der Waals surface area contributed by atoms with Crippen molar-refractivity contribution in [2.45, 2.75) is 26.3 Å². The van der Waals surface area contributed by atoms with Gasteiger partial charge in [-0.05, 0) is 36.6 Å². The lowest BCUT2D eigenvalue weighted by atomic mass is 10.0. The number of thiophene rings is 1. The van der Waals surface area contributed by atoms with E-state index in [-0.39, 0.29) is 5.92 Å². The first kappa shape index (κ1) is 19.5. The fourth-order valence-electron chi connectivity index (χ4n) is 2.25. The Hall–Kier alpha value is -2.87. The number of carboxylic acid groups (broad SMARTS) is 1. The SMILES string of the molecule is CC(C)C[C@H](NC(=O)c1ccc(NC(=O)Nc2ccccc2)s1)C(=O)O. The lowest BCUT2D eigenvalue weighted by Gasteiger charge is -2.15. The molecule has 0 fully saturated rings. The lowest BCUT2D eigenvalue weighted by molar-refractivity contribution is -0.139. The molecule has 1 atom stereocenters. The summed E-state index contributed by atoms with van der Waals surface area (Å²) in [6.07, 6.45) is 0.344. The number of para-hydroxylation sites is 1. The van der Waals surface area contributed by atoms with Crippen molar-refractivity contribution in [2.75, 3.05) is 10.6 Å². The molecule has 0 unspecified atom stereocenters. The molecule has 0 saturated heterocycles. The molecular weight excluding hydrogens is 354 g/mol. The van der Waals surface area contributed by atoms with Crippen LogP contribution in [0.1, 0.15) is 29.9 Å². The maximum atomic E-state index is 12.2. The van der Waals surface area contributed by atoms with Crippen molar-refractivity contribution in [3.8, 4) is 0 Å². The van der Waals surface area contributed by atoms with E-state index in [0.29, 0.717) is 22.0 Å². The van der Waals surface area contributed by atoms with Crippen LogP contribution in [0.2, 0.25) is 0 Å². The quantitative estimate of drug-likeness (QED) is 0.593. The summed E-state index contributed by atoms with van der Waals surface area (Å²) in [6, 6.07) is 10.8. The van der Waals surface area contributed by atoms with E-state index in [1.54, 1.807) is 36.4 Å². The number of carboxylic acids is 1. The second-order valence-electron chi connectivity index (χ2n) is 6.10. The standard InChI is InChI=1S/C18H21N3O4S/c1-11(2)10-13(17(23)24)20-16(22)14-8-9-15(26-14)21-18(25)19-12-6-4-3-5-7-12/h3-9,11,13H,10H2,1-2H3,(H,20,22)(H,23,24)(H2,19,21,25)/t13-/m0/s1. The Morgan fingerprint density at radius 1 is 1.04 bits per heavy atom. The molecule has 0 saturated carbocycles. The van der Waals surface area contributed by atoms with Crippen LogP contribution in [0.25, 0.3) is 0 Å². The van der Waals surface area contributed by atoms with Gasteiger partial charge >= 0.3 is 12.0 Å². The molecule has 138 valence electrons. The van der Waals surface area contributed by atoms with Gasteiger partial charge in [0.15, 0.2) is 0 Å². The number of hydrogen-bond donors (Lipinski definition) is 4. The fraction of sp³-hybridized carbons (Fsp3) is 0.278. The van der Waals surface area contributed by atoms with Crippen molar-refractivity contribution in [1.29, 1.82) is 0 Å². The van der Waals surface area contributed by atoms with Crippen molar-refractivity contribution in [2.24, 2.45) is 5.92 Å². The number of benzene rings is 1. The number of rotatable bonds is 7. The molecule has 0 spiro atoms. The summed E-state index contributed by atoms with van der Waals surface area (Å²) >= 11 is 1.08. The second kappa shape index (κ2) is 9.00. The number of amides is 3.